The van der Waals surface area contributed by atoms with E-state index in [0.29, 0.717) is 6.42 Å². The summed E-state index contributed by atoms with van der Waals surface area (Å²) in [7, 11) is 3.51. The maximum absolute atomic E-state index is 11.4. The van der Waals surface area contributed by atoms with Crippen molar-refractivity contribution in [2.24, 2.45) is 7.05 Å². The predicted octanol–water partition coefficient (Wildman–Crippen LogP) is 2.64. The number of ether oxygens (including phenoxy) is 2. The molecule has 24 heavy (non-hydrogen) atoms. The second kappa shape index (κ2) is 7.36. The first-order valence-electron chi connectivity index (χ1n) is 8.59. The summed E-state index contributed by atoms with van der Waals surface area (Å²) in [6.07, 6.45) is 3.28. The summed E-state index contributed by atoms with van der Waals surface area (Å²) in [4.78, 5) is 13.9. The molecule has 130 valence electrons. The minimum absolute atomic E-state index is 0.157. The van der Waals surface area contributed by atoms with Crippen LogP contribution in [0.5, 0.6) is 0 Å². The normalized spacial score (nSPS) is 14.3. The minimum Gasteiger partial charge on any atom is -0.469 e. The van der Waals surface area contributed by atoms with Crippen molar-refractivity contribution in [3.63, 3.8) is 0 Å². The highest BCUT2D eigenvalue weighted by molar-refractivity contribution is 5.86. The van der Waals surface area contributed by atoms with Crippen LogP contribution in [0.2, 0.25) is 0 Å². The van der Waals surface area contributed by atoms with Gasteiger partial charge in [-0.15, -0.1) is 0 Å². The molecule has 1 aromatic carbocycles. The summed E-state index contributed by atoms with van der Waals surface area (Å²) in [5.74, 6) is -0.157. The Labute approximate surface area is 143 Å². The molecule has 0 atom stereocenters. The molecule has 1 aliphatic rings. The number of aryl methyl sites for hydroxylation is 2. The predicted molar refractivity (Wildman–Crippen MR) is 93.9 cm³/mol. The molecule has 0 radical (unpaired) electrons. The van der Waals surface area contributed by atoms with Crippen molar-refractivity contribution in [1.29, 1.82) is 0 Å². The maximum atomic E-state index is 11.4. The Balaban J connectivity index is 1.79. The molecule has 0 saturated carbocycles. The standard InChI is InChI=1S/C19H26N2O3/c1-4-24-8-7-21-12-15-9-17-14(5-6-19(22)23-3)11-20(2)18(17)10-16(15)13-21/h9-11H,4-8,12-13H2,1-3H3. The molecule has 0 N–H and O–H groups in total. The Morgan fingerprint density at radius 3 is 2.71 bits per heavy atom. The van der Waals surface area contributed by atoms with Crippen molar-refractivity contribution in [2.45, 2.75) is 32.9 Å². The van der Waals surface area contributed by atoms with Gasteiger partial charge in [0.15, 0.2) is 0 Å². The van der Waals surface area contributed by atoms with Gasteiger partial charge in [0.1, 0.15) is 0 Å². The second-order valence-corrected chi connectivity index (χ2v) is 6.39. The van der Waals surface area contributed by atoms with Gasteiger partial charge in [0.05, 0.1) is 13.7 Å². The Bertz CT molecular complexity index is 736. The van der Waals surface area contributed by atoms with Crippen LogP contribution in [0.25, 0.3) is 10.9 Å². The highest BCUT2D eigenvalue weighted by Gasteiger charge is 2.21. The molecule has 0 fully saturated rings. The van der Waals surface area contributed by atoms with Crippen molar-refractivity contribution in [3.8, 4) is 0 Å². The van der Waals surface area contributed by atoms with E-state index in [1.165, 1.54) is 34.7 Å². The number of carbonyl (C=O) groups excluding carboxylic acids is 1. The molecule has 5 nitrogen and oxygen atoms in total. The highest BCUT2D eigenvalue weighted by atomic mass is 16.5. The molecule has 2 aromatic rings. The Morgan fingerprint density at radius 2 is 2.00 bits per heavy atom. The van der Waals surface area contributed by atoms with E-state index in [1.807, 2.05) is 6.92 Å². The van der Waals surface area contributed by atoms with Crippen molar-refractivity contribution in [1.82, 2.24) is 9.47 Å². The van der Waals surface area contributed by atoms with Gasteiger partial charge in [-0.05, 0) is 42.2 Å². The molecule has 0 aliphatic carbocycles. The summed E-state index contributed by atoms with van der Waals surface area (Å²) in [5, 5.41) is 1.26. The molecule has 3 rings (SSSR count). The van der Waals surface area contributed by atoms with Gasteiger partial charge >= 0.3 is 5.97 Å². The lowest BCUT2D eigenvalue weighted by Crippen LogP contribution is -2.21. The van der Waals surface area contributed by atoms with E-state index < -0.39 is 0 Å². The fraction of sp³-hybridized carbons (Fsp3) is 0.526. The maximum Gasteiger partial charge on any atom is 0.305 e. The van der Waals surface area contributed by atoms with Crippen molar-refractivity contribution in [2.75, 3.05) is 26.9 Å². The number of benzene rings is 1. The van der Waals surface area contributed by atoms with Gasteiger partial charge in [-0.25, -0.2) is 0 Å². The van der Waals surface area contributed by atoms with Crippen LogP contribution in [0, 0.1) is 0 Å². The zero-order chi connectivity index (χ0) is 17.1. The molecular weight excluding hydrogens is 304 g/mol. The average Bonchev–Trinajstić information content (AvgIpc) is 3.11. The monoisotopic (exact) mass is 330 g/mol. The SMILES string of the molecule is CCOCCN1Cc2cc3c(CCC(=O)OC)cn(C)c3cc2C1. The van der Waals surface area contributed by atoms with Crippen molar-refractivity contribution in [3.05, 3.63) is 35.0 Å². The van der Waals surface area contributed by atoms with Crippen LogP contribution >= 0.6 is 0 Å². The summed E-state index contributed by atoms with van der Waals surface area (Å²) in [5.41, 5.74) is 5.25. The van der Waals surface area contributed by atoms with Crippen LogP contribution < -0.4 is 0 Å². The van der Waals surface area contributed by atoms with Crippen LogP contribution in [0.1, 0.15) is 30.0 Å². The lowest BCUT2D eigenvalue weighted by molar-refractivity contribution is -0.140. The van der Waals surface area contributed by atoms with Crippen LogP contribution in [0.4, 0.5) is 0 Å². The third kappa shape index (κ3) is 3.47. The first-order chi connectivity index (χ1) is 11.6. The van der Waals surface area contributed by atoms with Gasteiger partial charge in [0.25, 0.3) is 0 Å². The zero-order valence-corrected chi connectivity index (χ0v) is 14.8. The Kier molecular flexibility index (Phi) is 5.21. The van der Waals surface area contributed by atoms with Crippen molar-refractivity contribution >= 4 is 16.9 Å². The lowest BCUT2D eigenvalue weighted by Gasteiger charge is -2.13. The summed E-state index contributed by atoms with van der Waals surface area (Å²) in [6, 6.07) is 4.60. The van der Waals surface area contributed by atoms with E-state index >= 15 is 0 Å². The highest BCUT2D eigenvalue weighted by Crippen LogP contribution is 2.30. The van der Waals surface area contributed by atoms with Crippen LogP contribution in [0.15, 0.2) is 18.3 Å². The lowest BCUT2D eigenvalue weighted by atomic mass is 10.0. The number of hydrogen-bond acceptors (Lipinski definition) is 4. The fourth-order valence-electron chi connectivity index (χ4n) is 3.46. The molecule has 1 aliphatic heterocycles. The van der Waals surface area contributed by atoms with Gasteiger partial charge in [-0.2, -0.15) is 0 Å². The molecule has 0 spiro atoms. The minimum atomic E-state index is -0.157. The van der Waals surface area contributed by atoms with Crippen LogP contribution in [-0.2, 0) is 40.8 Å². The third-order valence-corrected chi connectivity index (χ3v) is 4.76. The number of esters is 1. The van der Waals surface area contributed by atoms with E-state index in [-0.39, 0.29) is 5.97 Å². The zero-order valence-electron chi connectivity index (χ0n) is 14.8. The summed E-state index contributed by atoms with van der Waals surface area (Å²) < 4.78 is 12.4. The number of methoxy groups -OCH3 is 1. The molecule has 2 heterocycles. The number of nitrogens with zero attached hydrogens (tertiary/aromatic N) is 2. The summed E-state index contributed by atoms with van der Waals surface area (Å²) in [6.45, 7) is 6.52. The van der Waals surface area contributed by atoms with Crippen molar-refractivity contribution < 1.29 is 14.3 Å². The third-order valence-electron chi connectivity index (χ3n) is 4.76. The molecule has 0 amide bonds. The fourth-order valence-corrected chi connectivity index (χ4v) is 3.46. The Morgan fingerprint density at radius 1 is 1.25 bits per heavy atom. The number of aromatic nitrogens is 1. The number of hydrogen-bond donors (Lipinski definition) is 0. The number of rotatable bonds is 7. The van der Waals surface area contributed by atoms with E-state index in [4.69, 9.17) is 9.47 Å². The quantitative estimate of drug-likeness (QED) is 0.578. The van der Waals surface area contributed by atoms with Gasteiger partial charge in [-0.3, -0.25) is 9.69 Å². The topological polar surface area (TPSA) is 43.7 Å². The van der Waals surface area contributed by atoms with Crippen LogP contribution in [-0.4, -0.2) is 42.3 Å². The van der Waals surface area contributed by atoms with Gasteiger partial charge in [-0.1, -0.05) is 0 Å². The molecule has 0 bridgehead atoms. The smallest absolute Gasteiger partial charge is 0.305 e. The van der Waals surface area contributed by atoms with E-state index in [1.54, 1.807) is 0 Å². The first-order valence-corrected chi connectivity index (χ1v) is 8.59. The van der Waals surface area contributed by atoms with Gasteiger partial charge < -0.3 is 14.0 Å². The van der Waals surface area contributed by atoms with Crippen LogP contribution in [0.3, 0.4) is 0 Å². The van der Waals surface area contributed by atoms with E-state index in [9.17, 15) is 4.79 Å². The number of carbonyl (C=O) groups is 1. The van der Waals surface area contributed by atoms with Gasteiger partial charge in [0.2, 0.25) is 0 Å². The largest absolute Gasteiger partial charge is 0.469 e. The number of fused-ring (bicyclic) bond motifs is 2. The molecule has 1 aromatic heterocycles. The summed E-state index contributed by atoms with van der Waals surface area (Å²) >= 11 is 0. The molecule has 0 unspecified atom stereocenters. The molecular formula is C19H26N2O3. The molecule has 0 saturated heterocycles. The molecule has 5 heteroatoms. The Hall–Kier alpha value is -1.85. The van der Waals surface area contributed by atoms with E-state index in [2.05, 4.69) is 34.8 Å². The average molecular weight is 330 g/mol. The van der Waals surface area contributed by atoms with Gasteiger partial charge in [0, 0.05) is 56.8 Å². The second-order valence-electron chi connectivity index (χ2n) is 6.39. The van der Waals surface area contributed by atoms with E-state index in [0.717, 1.165) is 39.3 Å². The first kappa shape index (κ1) is 17.0.